The number of rotatable bonds is 2. The van der Waals surface area contributed by atoms with Gasteiger partial charge in [0.2, 0.25) is 0 Å². The Bertz CT molecular complexity index is 168. The lowest BCUT2D eigenvalue weighted by molar-refractivity contribution is -0.291. The summed E-state index contributed by atoms with van der Waals surface area (Å²) < 4.78 is 16.3. The molecule has 0 saturated carbocycles. The predicted molar refractivity (Wildman–Crippen MR) is 49.7 cm³/mol. The van der Waals surface area contributed by atoms with Gasteiger partial charge >= 0.3 is 0 Å². The van der Waals surface area contributed by atoms with Crippen molar-refractivity contribution in [3.05, 3.63) is 0 Å². The molecule has 0 spiro atoms. The average Bonchev–Trinajstić information content (AvgIpc) is 2.23. The second-order valence-corrected chi connectivity index (χ2v) is 3.88. The average molecular weight is 202 g/mol. The highest BCUT2D eigenvalue weighted by Crippen LogP contribution is 2.21. The van der Waals surface area contributed by atoms with Crippen LogP contribution in [0.3, 0.4) is 0 Å². The Balaban J connectivity index is 1.76. The first-order chi connectivity index (χ1) is 6.86. The zero-order valence-corrected chi connectivity index (χ0v) is 8.35. The number of aliphatic hydroxyl groups excluding tert-OH is 1. The molecule has 4 heteroatoms. The smallest absolute Gasteiger partial charge is 0.186 e. The van der Waals surface area contributed by atoms with Gasteiger partial charge in [0.1, 0.15) is 6.10 Å². The van der Waals surface area contributed by atoms with Gasteiger partial charge in [-0.3, -0.25) is 0 Å². The first kappa shape index (κ1) is 10.4. The van der Waals surface area contributed by atoms with E-state index in [-0.39, 0.29) is 6.29 Å². The van der Waals surface area contributed by atoms with Crippen LogP contribution < -0.4 is 0 Å². The van der Waals surface area contributed by atoms with Crippen molar-refractivity contribution in [3.63, 3.8) is 0 Å². The molecule has 0 radical (unpaired) electrons. The number of aliphatic hydroxyl groups is 1. The molecule has 0 aliphatic carbocycles. The maximum absolute atomic E-state index is 9.59. The summed E-state index contributed by atoms with van der Waals surface area (Å²) in [5, 5.41) is 9.59. The summed E-state index contributed by atoms with van der Waals surface area (Å²) in [4.78, 5) is 0. The van der Waals surface area contributed by atoms with E-state index in [1.807, 2.05) is 0 Å². The third-order valence-electron chi connectivity index (χ3n) is 2.66. The minimum atomic E-state index is -0.491. The first-order valence-corrected chi connectivity index (χ1v) is 5.43. The fourth-order valence-corrected chi connectivity index (χ4v) is 1.84. The van der Waals surface area contributed by atoms with Crippen LogP contribution in [0.2, 0.25) is 0 Å². The van der Waals surface area contributed by atoms with Crippen LogP contribution in [0.25, 0.3) is 0 Å². The van der Waals surface area contributed by atoms with Gasteiger partial charge in [-0.25, -0.2) is 0 Å². The van der Waals surface area contributed by atoms with E-state index >= 15 is 0 Å². The Morgan fingerprint density at radius 2 is 1.86 bits per heavy atom. The third-order valence-corrected chi connectivity index (χ3v) is 2.66. The van der Waals surface area contributed by atoms with Crippen LogP contribution in [-0.2, 0) is 14.2 Å². The van der Waals surface area contributed by atoms with E-state index in [9.17, 15) is 5.11 Å². The lowest BCUT2D eigenvalue weighted by Gasteiger charge is -2.32. The van der Waals surface area contributed by atoms with Crippen LogP contribution in [0.1, 0.15) is 32.1 Å². The van der Waals surface area contributed by atoms with Crippen LogP contribution in [0, 0.1) is 0 Å². The molecule has 2 saturated heterocycles. The summed E-state index contributed by atoms with van der Waals surface area (Å²) in [6, 6.07) is 0. The van der Waals surface area contributed by atoms with Crippen molar-refractivity contribution >= 4 is 0 Å². The van der Waals surface area contributed by atoms with Gasteiger partial charge in [-0.1, -0.05) is 0 Å². The number of ether oxygens (including phenoxy) is 3. The molecule has 0 aromatic heterocycles. The molecule has 0 aromatic carbocycles. The fraction of sp³-hybridized carbons (Fsp3) is 1.00. The van der Waals surface area contributed by atoms with Gasteiger partial charge in [0.05, 0.1) is 0 Å². The van der Waals surface area contributed by atoms with Crippen molar-refractivity contribution in [2.24, 2.45) is 0 Å². The van der Waals surface area contributed by atoms with Gasteiger partial charge in [-0.15, -0.1) is 0 Å². The summed E-state index contributed by atoms with van der Waals surface area (Å²) in [5.41, 5.74) is 0. The molecule has 0 unspecified atom stereocenters. The lowest BCUT2D eigenvalue weighted by atomic mass is 10.1. The number of hydrogen-bond acceptors (Lipinski definition) is 4. The molecule has 2 fully saturated rings. The standard InChI is InChI=1S/C10H18O4/c11-8-4-3-7-13-10(8)14-9-5-1-2-6-12-9/h8-11H,1-7H2/t8-,9+,10-/m0/s1. The number of hydrogen-bond donors (Lipinski definition) is 1. The van der Waals surface area contributed by atoms with E-state index < -0.39 is 12.4 Å². The Labute approximate surface area is 84.1 Å². The van der Waals surface area contributed by atoms with E-state index in [1.165, 1.54) is 0 Å². The van der Waals surface area contributed by atoms with Gasteiger partial charge in [-0.05, 0) is 32.1 Å². The highest BCUT2D eigenvalue weighted by molar-refractivity contribution is 4.67. The van der Waals surface area contributed by atoms with E-state index in [4.69, 9.17) is 14.2 Å². The van der Waals surface area contributed by atoms with Crippen molar-refractivity contribution < 1.29 is 19.3 Å². The molecule has 0 aromatic rings. The normalized spacial score (nSPS) is 39.6. The SMILES string of the molecule is O[C@H]1CCCO[C@H]1O[C@@H]1CCCCO1. The van der Waals surface area contributed by atoms with Gasteiger partial charge in [0.15, 0.2) is 12.6 Å². The molecule has 2 heterocycles. The Kier molecular flexibility index (Phi) is 3.75. The molecule has 0 amide bonds. The van der Waals surface area contributed by atoms with Crippen molar-refractivity contribution in [1.82, 2.24) is 0 Å². The Morgan fingerprint density at radius 3 is 2.57 bits per heavy atom. The van der Waals surface area contributed by atoms with Crippen LogP contribution in [0.15, 0.2) is 0 Å². The maximum Gasteiger partial charge on any atom is 0.186 e. The highest BCUT2D eigenvalue weighted by Gasteiger charge is 2.28. The third kappa shape index (κ3) is 2.67. The molecule has 82 valence electrons. The molecular weight excluding hydrogens is 184 g/mol. The van der Waals surface area contributed by atoms with Crippen LogP contribution in [0.4, 0.5) is 0 Å². The van der Waals surface area contributed by atoms with Crippen LogP contribution in [-0.4, -0.2) is 37.0 Å². The maximum atomic E-state index is 9.59. The lowest BCUT2D eigenvalue weighted by Crippen LogP contribution is -2.40. The molecule has 14 heavy (non-hydrogen) atoms. The van der Waals surface area contributed by atoms with Crippen molar-refractivity contribution in [2.45, 2.75) is 50.8 Å². The molecule has 1 N–H and O–H groups in total. The van der Waals surface area contributed by atoms with Crippen LogP contribution in [0.5, 0.6) is 0 Å². The zero-order valence-electron chi connectivity index (χ0n) is 8.35. The minimum absolute atomic E-state index is 0.179. The monoisotopic (exact) mass is 202 g/mol. The summed E-state index contributed by atoms with van der Waals surface area (Å²) in [7, 11) is 0. The van der Waals surface area contributed by atoms with Gasteiger partial charge in [0.25, 0.3) is 0 Å². The van der Waals surface area contributed by atoms with Crippen molar-refractivity contribution in [3.8, 4) is 0 Å². The van der Waals surface area contributed by atoms with E-state index in [0.29, 0.717) is 6.61 Å². The van der Waals surface area contributed by atoms with Gasteiger partial charge < -0.3 is 19.3 Å². The quantitative estimate of drug-likeness (QED) is 0.726. The summed E-state index contributed by atoms with van der Waals surface area (Å²) in [5.74, 6) is 0. The van der Waals surface area contributed by atoms with Gasteiger partial charge in [0, 0.05) is 13.2 Å². The molecule has 2 aliphatic heterocycles. The van der Waals surface area contributed by atoms with Crippen LogP contribution >= 0.6 is 0 Å². The van der Waals surface area contributed by atoms with E-state index in [1.54, 1.807) is 0 Å². The Morgan fingerprint density at radius 1 is 1.00 bits per heavy atom. The summed E-state index contributed by atoms with van der Waals surface area (Å²) >= 11 is 0. The van der Waals surface area contributed by atoms with E-state index in [2.05, 4.69) is 0 Å². The predicted octanol–water partition coefficient (Wildman–Crippen LogP) is 1.03. The highest BCUT2D eigenvalue weighted by atomic mass is 16.8. The second kappa shape index (κ2) is 5.07. The first-order valence-electron chi connectivity index (χ1n) is 5.43. The molecule has 2 aliphatic rings. The van der Waals surface area contributed by atoms with Crippen molar-refractivity contribution in [1.29, 1.82) is 0 Å². The molecule has 3 atom stereocenters. The minimum Gasteiger partial charge on any atom is -0.388 e. The summed E-state index contributed by atoms with van der Waals surface area (Å²) in [6.45, 7) is 1.43. The van der Waals surface area contributed by atoms with E-state index in [0.717, 1.165) is 38.7 Å². The Hall–Kier alpha value is -0.160. The fourth-order valence-electron chi connectivity index (χ4n) is 1.84. The molecule has 0 bridgehead atoms. The second-order valence-electron chi connectivity index (χ2n) is 3.88. The topological polar surface area (TPSA) is 47.9 Å². The largest absolute Gasteiger partial charge is 0.388 e. The summed E-state index contributed by atoms with van der Waals surface area (Å²) in [6.07, 6.45) is 3.67. The molecular formula is C10H18O4. The zero-order chi connectivity index (χ0) is 9.80. The molecule has 4 nitrogen and oxygen atoms in total. The van der Waals surface area contributed by atoms with Crippen molar-refractivity contribution in [2.75, 3.05) is 13.2 Å². The molecule has 2 rings (SSSR count). The van der Waals surface area contributed by atoms with Gasteiger partial charge in [-0.2, -0.15) is 0 Å².